The third-order valence-corrected chi connectivity index (χ3v) is 10.9. The number of carbonyl (C=O) groups excluding carboxylic acids is 1. The molecule has 0 aliphatic carbocycles. The predicted molar refractivity (Wildman–Crippen MR) is 142 cm³/mol. The number of carbonyl (C=O) groups is 1. The second-order valence-electron chi connectivity index (χ2n) is 9.42. The number of amides is 1. The Morgan fingerprint density at radius 1 is 0.816 bits per heavy atom. The third kappa shape index (κ3) is 5.96. The van der Waals surface area contributed by atoms with Crippen LogP contribution < -0.4 is 14.8 Å². The summed E-state index contributed by atoms with van der Waals surface area (Å²) >= 11 is 0. The Kier molecular flexibility index (Phi) is 8.62. The number of piperazine rings is 1. The van der Waals surface area contributed by atoms with Gasteiger partial charge in [0.15, 0.2) is 0 Å². The summed E-state index contributed by atoms with van der Waals surface area (Å²) in [5.41, 5.74) is 0.489. The lowest BCUT2D eigenvalue weighted by Crippen LogP contribution is -2.46. The Labute approximate surface area is 224 Å². The standard InChI is InChI=1S/C25H34N4O7S2/c1-27-14-16-29(17-15-27)37(31,32)22-7-4-20(5-8-22)26-25(30)19-10-12-28(13-11-19)38(33,34)24-18-21(35-2)6-9-23(24)36-3/h4-9,18-19H,10-17H2,1-3H3,(H,26,30). The lowest BCUT2D eigenvalue weighted by molar-refractivity contribution is -0.120. The minimum Gasteiger partial charge on any atom is -0.497 e. The van der Waals surface area contributed by atoms with E-state index in [4.69, 9.17) is 9.47 Å². The Morgan fingerprint density at radius 2 is 1.42 bits per heavy atom. The summed E-state index contributed by atoms with van der Waals surface area (Å²) in [4.78, 5) is 15.2. The fourth-order valence-electron chi connectivity index (χ4n) is 4.62. The highest BCUT2D eigenvalue weighted by molar-refractivity contribution is 7.89. The van der Waals surface area contributed by atoms with Crippen LogP contribution in [0.3, 0.4) is 0 Å². The molecule has 2 aliphatic rings. The molecule has 1 amide bonds. The Bertz CT molecular complexity index is 1350. The van der Waals surface area contributed by atoms with Gasteiger partial charge in [0.05, 0.1) is 19.1 Å². The molecule has 2 aliphatic heterocycles. The number of benzene rings is 2. The van der Waals surface area contributed by atoms with Crippen molar-refractivity contribution in [2.75, 3.05) is 65.9 Å². The van der Waals surface area contributed by atoms with Gasteiger partial charge in [-0.1, -0.05) is 0 Å². The molecular weight excluding hydrogens is 532 g/mol. The van der Waals surface area contributed by atoms with Crippen LogP contribution in [-0.4, -0.2) is 96.8 Å². The van der Waals surface area contributed by atoms with Crippen LogP contribution in [-0.2, 0) is 24.8 Å². The fraction of sp³-hybridized carbons (Fsp3) is 0.480. The number of ether oxygens (including phenoxy) is 2. The average Bonchev–Trinajstić information content (AvgIpc) is 2.93. The summed E-state index contributed by atoms with van der Waals surface area (Å²) in [5, 5.41) is 2.84. The quantitative estimate of drug-likeness (QED) is 0.512. The summed E-state index contributed by atoms with van der Waals surface area (Å²) in [6, 6.07) is 10.8. The van der Waals surface area contributed by atoms with E-state index in [-0.39, 0.29) is 40.5 Å². The van der Waals surface area contributed by atoms with E-state index in [1.54, 1.807) is 24.3 Å². The van der Waals surface area contributed by atoms with Gasteiger partial charge >= 0.3 is 0 Å². The molecule has 2 fully saturated rings. The molecule has 0 unspecified atom stereocenters. The number of rotatable bonds is 8. The highest BCUT2D eigenvalue weighted by Gasteiger charge is 2.34. The minimum atomic E-state index is -3.84. The van der Waals surface area contributed by atoms with E-state index < -0.39 is 20.0 Å². The number of hydrogen-bond donors (Lipinski definition) is 1. The van der Waals surface area contributed by atoms with E-state index in [1.165, 1.54) is 41.0 Å². The number of nitrogens with zero attached hydrogens (tertiary/aromatic N) is 3. The molecule has 2 heterocycles. The maximum atomic E-state index is 13.3. The lowest BCUT2D eigenvalue weighted by atomic mass is 9.97. The SMILES string of the molecule is COc1ccc(OC)c(S(=O)(=O)N2CCC(C(=O)Nc3ccc(S(=O)(=O)N4CCN(C)CC4)cc3)CC2)c1. The Morgan fingerprint density at radius 3 is 2.00 bits per heavy atom. The molecule has 208 valence electrons. The molecule has 13 heteroatoms. The summed E-state index contributed by atoms with van der Waals surface area (Å²) in [7, 11) is -2.60. The summed E-state index contributed by atoms with van der Waals surface area (Å²) in [5.74, 6) is 0.0304. The van der Waals surface area contributed by atoms with Crippen LogP contribution in [0.4, 0.5) is 5.69 Å². The van der Waals surface area contributed by atoms with E-state index in [1.807, 2.05) is 7.05 Å². The molecule has 0 spiro atoms. The largest absolute Gasteiger partial charge is 0.497 e. The second-order valence-corrected chi connectivity index (χ2v) is 13.3. The van der Waals surface area contributed by atoms with Crippen molar-refractivity contribution in [1.29, 1.82) is 0 Å². The molecule has 0 saturated carbocycles. The number of piperidine rings is 1. The van der Waals surface area contributed by atoms with Crippen molar-refractivity contribution in [3.8, 4) is 11.5 Å². The van der Waals surface area contributed by atoms with Crippen LogP contribution in [0, 0.1) is 5.92 Å². The Hall–Kier alpha value is -2.71. The number of sulfonamides is 2. The van der Waals surface area contributed by atoms with Crippen molar-refractivity contribution in [1.82, 2.24) is 13.5 Å². The molecule has 1 N–H and O–H groups in total. The van der Waals surface area contributed by atoms with Gasteiger partial charge in [-0.2, -0.15) is 8.61 Å². The molecule has 2 aromatic rings. The zero-order valence-corrected chi connectivity index (χ0v) is 23.4. The smallest absolute Gasteiger partial charge is 0.246 e. The summed E-state index contributed by atoms with van der Waals surface area (Å²) in [6.07, 6.45) is 0.709. The van der Waals surface area contributed by atoms with Crippen molar-refractivity contribution in [3.05, 3.63) is 42.5 Å². The van der Waals surface area contributed by atoms with Crippen LogP contribution >= 0.6 is 0 Å². The van der Waals surface area contributed by atoms with E-state index in [0.717, 1.165) is 0 Å². The van der Waals surface area contributed by atoms with Crippen molar-refractivity contribution in [3.63, 3.8) is 0 Å². The maximum Gasteiger partial charge on any atom is 0.246 e. The molecule has 11 nitrogen and oxygen atoms in total. The van der Waals surface area contributed by atoms with Gasteiger partial charge in [0, 0.05) is 56.9 Å². The van der Waals surface area contributed by atoms with Crippen molar-refractivity contribution in [2.24, 2.45) is 5.92 Å². The van der Waals surface area contributed by atoms with Gasteiger partial charge in [-0.05, 0) is 56.3 Å². The monoisotopic (exact) mass is 566 g/mol. The average molecular weight is 567 g/mol. The van der Waals surface area contributed by atoms with Gasteiger partial charge in [0.2, 0.25) is 26.0 Å². The molecule has 2 aromatic carbocycles. The molecule has 38 heavy (non-hydrogen) atoms. The molecular formula is C25H34N4O7S2. The topological polar surface area (TPSA) is 126 Å². The highest BCUT2D eigenvalue weighted by Crippen LogP contribution is 2.33. The first kappa shape index (κ1) is 28.3. The number of anilines is 1. The predicted octanol–water partition coefficient (Wildman–Crippen LogP) is 1.68. The Balaban J connectivity index is 1.36. The van der Waals surface area contributed by atoms with E-state index in [2.05, 4.69) is 10.2 Å². The molecule has 0 bridgehead atoms. The second kappa shape index (κ2) is 11.6. The van der Waals surface area contributed by atoms with Crippen molar-refractivity contribution >= 4 is 31.6 Å². The molecule has 0 radical (unpaired) electrons. The lowest BCUT2D eigenvalue weighted by Gasteiger charge is -2.31. The normalized spacial score (nSPS) is 18.7. The molecule has 0 atom stereocenters. The number of nitrogens with one attached hydrogen (secondary N) is 1. The molecule has 0 aromatic heterocycles. The number of methoxy groups -OCH3 is 2. The van der Waals surface area contributed by atoms with Crippen LogP contribution in [0.5, 0.6) is 11.5 Å². The van der Waals surface area contributed by atoms with E-state index in [0.29, 0.717) is 50.5 Å². The zero-order valence-electron chi connectivity index (χ0n) is 21.8. The zero-order chi connectivity index (χ0) is 27.5. The van der Waals surface area contributed by atoms with E-state index >= 15 is 0 Å². The van der Waals surface area contributed by atoms with E-state index in [9.17, 15) is 21.6 Å². The van der Waals surface area contributed by atoms with Gasteiger partial charge in [-0.3, -0.25) is 4.79 Å². The first-order valence-corrected chi connectivity index (χ1v) is 15.3. The maximum absolute atomic E-state index is 13.3. The number of likely N-dealkylation sites (N-methyl/N-ethyl adjacent to an activating group) is 1. The van der Waals surface area contributed by atoms with Gasteiger partial charge in [0.25, 0.3) is 0 Å². The van der Waals surface area contributed by atoms with Gasteiger partial charge in [-0.15, -0.1) is 0 Å². The first-order chi connectivity index (χ1) is 18.1. The highest BCUT2D eigenvalue weighted by atomic mass is 32.2. The minimum absolute atomic E-state index is 0.0221. The summed E-state index contributed by atoms with van der Waals surface area (Å²) in [6.45, 7) is 2.61. The van der Waals surface area contributed by atoms with Gasteiger partial charge in [-0.25, -0.2) is 16.8 Å². The van der Waals surface area contributed by atoms with Crippen LogP contribution in [0.15, 0.2) is 52.3 Å². The fourth-order valence-corrected chi connectivity index (χ4v) is 7.68. The van der Waals surface area contributed by atoms with Crippen molar-refractivity contribution < 1.29 is 31.1 Å². The molecule has 4 rings (SSSR count). The first-order valence-electron chi connectivity index (χ1n) is 12.4. The van der Waals surface area contributed by atoms with Crippen LogP contribution in [0.2, 0.25) is 0 Å². The van der Waals surface area contributed by atoms with Gasteiger partial charge < -0.3 is 19.7 Å². The number of hydrogen-bond acceptors (Lipinski definition) is 8. The summed E-state index contributed by atoms with van der Waals surface area (Å²) < 4.78 is 65.6. The van der Waals surface area contributed by atoms with Crippen molar-refractivity contribution in [2.45, 2.75) is 22.6 Å². The van der Waals surface area contributed by atoms with Gasteiger partial charge in [0.1, 0.15) is 16.4 Å². The van der Waals surface area contributed by atoms with Crippen LogP contribution in [0.25, 0.3) is 0 Å². The van der Waals surface area contributed by atoms with Crippen LogP contribution in [0.1, 0.15) is 12.8 Å². The molecule has 2 saturated heterocycles. The third-order valence-electron chi connectivity index (χ3n) is 7.04.